The monoisotopic (exact) mass is 442 g/mol. The third kappa shape index (κ3) is 5.03. The molecule has 1 aliphatic rings. The van der Waals surface area contributed by atoms with Gasteiger partial charge in [0.1, 0.15) is 18.5 Å². The fourth-order valence-corrected chi connectivity index (χ4v) is 2.67. The Morgan fingerprint density at radius 1 is 1.26 bits per heavy atom. The highest BCUT2D eigenvalue weighted by Gasteiger charge is 2.40. The summed E-state index contributed by atoms with van der Waals surface area (Å²) >= 11 is 3.00. The van der Waals surface area contributed by atoms with Gasteiger partial charge >= 0.3 is 0 Å². The lowest BCUT2D eigenvalue weighted by molar-refractivity contribution is -0.117. The van der Waals surface area contributed by atoms with Gasteiger partial charge in [0.2, 0.25) is 11.9 Å². The number of aromatic nitrogens is 2. The van der Waals surface area contributed by atoms with Crippen LogP contribution in [0.3, 0.4) is 0 Å². The smallest absolute Gasteiger partial charge is 0.254 e. The van der Waals surface area contributed by atoms with Gasteiger partial charge in [-0.2, -0.15) is 0 Å². The third-order valence-corrected chi connectivity index (χ3v) is 4.59. The van der Waals surface area contributed by atoms with Gasteiger partial charge in [0.15, 0.2) is 5.82 Å². The number of alkyl halides is 1. The Bertz CT molecular complexity index is 866. The lowest BCUT2D eigenvalue weighted by atomic mass is 10.2. The zero-order valence-electron chi connectivity index (χ0n) is 13.8. The van der Waals surface area contributed by atoms with Crippen molar-refractivity contribution in [3.63, 3.8) is 0 Å². The molecule has 6 nitrogen and oxygen atoms in total. The van der Waals surface area contributed by atoms with Crippen molar-refractivity contribution < 1.29 is 22.8 Å². The molecule has 0 spiro atoms. The summed E-state index contributed by atoms with van der Waals surface area (Å²) in [6.45, 7) is -0.379. The van der Waals surface area contributed by atoms with E-state index in [1.165, 1.54) is 12.1 Å². The Labute approximate surface area is 160 Å². The number of nitrogens with one attached hydrogen (secondary N) is 1. The lowest BCUT2D eigenvalue weighted by Gasteiger charge is -2.22. The van der Waals surface area contributed by atoms with E-state index >= 15 is 0 Å². The molecule has 2 atom stereocenters. The van der Waals surface area contributed by atoms with Crippen molar-refractivity contribution >= 4 is 33.7 Å². The molecule has 0 bridgehead atoms. The summed E-state index contributed by atoms with van der Waals surface area (Å²) in [6.07, 6.45) is 1.05. The van der Waals surface area contributed by atoms with Crippen LogP contribution in [0.15, 0.2) is 35.1 Å². The summed E-state index contributed by atoms with van der Waals surface area (Å²) in [6, 6.07) is 3.83. The first kappa shape index (κ1) is 19.3. The number of hydrogen-bond donors (Lipinski definition) is 1. The molecule has 2 aromatic rings. The molecule has 3 rings (SSSR count). The van der Waals surface area contributed by atoms with Gasteiger partial charge in [-0.25, -0.2) is 23.1 Å². The summed E-state index contributed by atoms with van der Waals surface area (Å²) in [5, 5.41) is 2.33. The second kappa shape index (κ2) is 8.03. The van der Waals surface area contributed by atoms with Crippen LogP contribution in [0.5, 0.6) is 0 Å². The summed E-state index contributed by atoms with van der Waals surface area (Å²) in [7, 11) is 0. The molecule has 1 aromatic heterocycles. The number of anilines is 1. The largest absolute Gasteiger partial charge is 0.329 e. The van der Waals surface area contributed by atoms with E-state index in [2.05, 4.69) is 31.2 Å². The highest BCUT2D eigenvalue weighted by Crippen LogP contribution is 2.34. The first-order chi connectivity index (χ1) is 12.8. The normalized spacial score (nSPS) is 18.1. The number of hydrogen-bond acceptors (Lipinski definition) is 4. The van der Waals surface area contributed by atoms with Crippen LogP contribution in [0, 0.1) is 17.6 Å². The van der Waals surface area contributed by atoms with Gasteiger partial charge in [0.05, 0.1) is 16.9 Å². The van der Waals surface area contributed by atoms with Crippen LogP contribution in [0.1, 0.15) is 16.8 Å². The SMILES string of the molecule is O=C(CN(CC1CC1F)C(=O)c1ccc(Br)c(F)c1)Nc1ncc(F)cn1. The minimum atomic E-state index is -1.02. The zero-order chi connectivity index (χ0) is 19.6. The number of benzene rings is 1. The average molecular weight is 443 g/mol. The second-order valence-electron chi connectivity index (χ2n) is 6.10. The molecule has 1 aliphatic carbocycles. The van der Waals surface area contributed by atoms with E-state index in [0.29, 0.717) is 6.42 Å². The summed E-state index contributed by atoms with van der Waals surface area (Å²) in [5.74, 6) is -3.01. The van der Waals surface area contributed by atoms with Crippen molar-refractivity contribution in [2.45, 2.75) is 12.6 Å². The first-order valence-corrected chi connectivity index (χ1v) is 8.78. The van der Waals surface area contributed by atoms with Crippen LogP contribution in [0.25, 0.3) is 0 Å². The van der Waals surface area contributed by atoms with Gasteiger partial charge in [-0.1, -0.05) is 0 Å². The quantitative estimate of drug-likeness (QED) is 0.745. The Morgan fingerprint density at radius 2 is 1.93 bits per heavy atom. The predicted molar refractivity (Wildman–Crippen MR) is 93.6 cm³/mol. The van der Waals surface area contributed by atoms with Crippen molar-refractivity contribution in [2.75, 3.05) is 18.4 Å². The van der Waals surface area contributed by atoms with E-state index in [-0.39, 0.29) is 28.4 Å². The number of amides is 2. The van der Waals surface area contributed by atoms with Crippen LogP contribution in [-0.4, -0.2) is 45.9 Å². The average Bonchev–Trinajstić information content (AvgIpc) is 3.33. The van der Waals surface area contributed by atoms with E-state index in [1.54, 1.807) is 0 Å². The third-order valence-electron chi connectivity index (χ3n) is 3.95. The van der Waals surface area contributed by atoms with Gasteiger partial charge in [-0.3, -0.25) is 14.9 Å². The maximum absolute atomic E-state index is 13.7. The molecule has 1 saturated carbocycles. The minimum absolute atomic E-state index is 0.0232. The van der Waals surface area contributed by atoms with E-state index in [4.69, 9.17) is 0 Å². The fraction of sp³-hybridized carbons (Fsp3) is 0.294. The number of carbonyl (C=O) groups is 2. The minimum Gasteiger partial charge on any atom is -0.329 e. The van der Waals surface area contributed by atoms with Crippen LogP contribution in [0.4, 0.5) is 19.1 Å². The number of carbonyl (C=O) groups excluding carboxylic acids is 2. The molecule has 0 aliphatic heterocycles. The van der Waals surface area contributed by atoms with Crippen LogP contribution < -0.4 is 5.32 Å². The van der Waals surface area contributed by atoms with Crippen molar-refractivity contribution in [1.82, 2.24) is 14.9 Å². The molecule has 1 heterocycles. The zero-order valence-corrected chi connectivity index (χ0v) is 15.4. The van der Waals surface area contributed by atoms with Crippen molar-refractivity contribution in [2.24, 2.45) is 5.92 Å². The standard InChI is InChI=1S/C17H14BrF3N4O2/c18-12-2-1-9(3-14(12)21)16(27)25(7-10-4-13(10)20)8-15(26)24-17-22-5-11(19)6-23-17/h1-3,5-6,10,13H,4,7-8H2,(H,22,23,24,26). The molecule has 142 valence electrons. The maximum Gasteiger partial charge on any atom is 0.254 e. The summed E-state index contributed by atoms with van der Waals surface area (Å²) < 4.78 is 40.0. The van der Waals surface area contributed by atoms with Crippen molar-refractivity contribution in [3.05, 3.63) is 52.3 Å². The summed E-state index contributed by atoms with van der Waals surface area (Å²) in [5.41, 5.74) is 0.0394. The van der Waals surface area contributed by atoms with Crippen molar-refractivity contribution in [3.8, 4) is 0 Å². The van der Waals surface area contributed by atoms with Gasteiger partial charge in [-0.15, -0.1) is 0 Å². The molecule has 10 heteroatoms. The van der Waals surface area contributed by atoms with E-state index in [9.17, 15) is 22.8 Å². The first-order valence-electron chi connectivity index (χ1n) is 7.99. The predicted octanol–water partition coefficient (Wildman–Crippen LogP) is 2.96. The van der Waals surface area contributed by atoms with E-state index < -0.39 is 36.2 Å². The Hall–Kier alpha value is -2.49. The van der Waals surface area contributed by atoms with Crippen LogP contribution >= 0.6 is 15.9 Å². The van der Waals surface area contributed by atoms with Gasteiger partial charge in [0.25, 0.3) is 5.91 Å². The molecule has 1 aromatic carbocycles. The van der Waals surface area contributed by atoms with Crippen LogP contribution in [-0.2, 0) is 4.79 Å². The lowest BCUT2D eigenvalue weighted by Crippen LogP contribution is -2.39. The van der Waals surface area contributed by atoms with Gasteiger partial charge < -0.3 is 4.90 Å². The molecule has 1 fully saturated rings. The van der Waals surface area contributed by atoms with E-state index in [1.807, 2.05) is 0 Å². The second-order valence-corrected chi connectivity index (χ2v) is 6.95. The highest BCUT2D eigenvalue weighted by molar-refractivity contribution is 9.10. The molecule has 2 unspecified atom stereocenters. The maximum atomic E-state index is 13.7. The fourth-order valence-electron chi connectivity index (χ4n) is 2.43. The highest BCUT2D eigenvalue weighted by atomic mass is 79.9. The molecular weight excluding hydrogens is 429 g/mol. The number of rotatable bonds is 6. The molecule has 2 amide bonds. The Kier molecular flexibility index (Phi) is 5.73. The Balaban J connectivity index is 1.72. The van der Waals surface area contributed by atoms with Crippen LogP contribution in [0.2, 0.25) is 0 Å². The Morgan fingerprint density at radius 3 is 2.52 bits per heavy atom. The van der Waals surface area contributed by atoms with E-state index in [0.717, 1.165) is 23.4 Å². The summed E-state index contributed by atoms with van der Waals surface area (Å²) in [4.78, 5) is 33.2. The molecule has 27 heavy (non-hydrogen) atoms. The van der Waals surface area contributed by atoms with Gasteiger partial charge in [-0.05, 0) is 40.5 Å². The molecule has 1 N–H and O–H groups in total. The molecule has 0 radical (unpaired) electrons. The topological polar surface area (TPSA) is 75.2 Å². The molecular formula is C17H14BrF3N4O2. The number of halogens is 4. The number of nitrogens with zero attached hydrogens (tertiary/aromatic N) is 3. The molecule has 0 saturated heterocycles. The van der Waals surface area contributed by atoms with Gasteiger partial charge in [0, 0.05) is 18.0 Å². The van der Waals surface area contributed by atoms with Crippen molar-refractivity contribution in [1.29, 1.82) is 0 Å².